The maximum Gasteiger partial charge on any atom is 0.289 e. The van der Waals surface area contributed by atoms with Gasteiger partial charge in [-0.05, 0) is 49.4 Å². The SMILES string of the molecule is CCN(C)C(=O)c1ccc(CN2C(=O)COc3ccc(C(=O)COc4ccc(F)cc4F)cc32)o1. The number of amides is 2. The molecule has 0 atom stereocenters. The zero-order valence-electron chi connectivity index (χ0n) is 19.0. The van der Waals surface area contributed by atoms with Crippen LogP contribution in [0.15, 0.2) is 52.9 Å². The molecule has 10 heteroatoms. The van der Waals surface area contributed by atoms with Gasteiger partial charge < -0.3 is 18.8 Å². The Kier molecular flexibility index (Phi) is 6.81. The van der Waals surface area contributed by atoms with E-state index in [0.717, 1.165) is 12.1 Å². The Labute approximate surface area is 199 Å². The molecule has 182 valence electrons. The molecule has 0 fully saturated rings. The van der Waals surface area contributed by atoms with Gasteiger partial charge in [0.25, 0.3) is 11.8 Å². The van der Waals surface area contributed by atoms with E-state index in [-0.39, 0.29) is 42.0 Å². The van der Waals surface area contributed by atoms with E-state index in [2.05, 4.69) is 0 Å². The van der Waals surface area contributed by atoms with Crippen molar-refractivity contribution in [1.29, 1.82) is 0 Å². The summed E-state index contributed by atoms with van der Waals surface area (Å²) in [5.74, 6) is -2.14. The van der Waals surface area contributed by atoms with Crippen LogP contribution >= 0.6 is 0 Å². The van der Waals surface area contributed by atoms with Crippen molar-refractivity contribution in [3.63, 3.8) is 0 Å². The van der Waals surface area contributed by atoms with Gasteiger partial charge in [-0.2, -0.15) is 0 Å². The second-order valence-corrected chi connectivity index (χ2v) is 7.82. The molecule has 3 aromatic rings. The van der Waals surface area contributed by atoms with E-state index in [1.165, 1.54) is 21.9 Å². The number of nitrogens with zero attached hydrogens (tertiary/aromatic N) is 2. The molecule has 0 N–H and O–H groups in total. The molecule has 8 nitrogen and oxygen atoms in total. The Balaban J connectivity index is 1.52. The highest BCUT2D eigenvalue weighted by Crippen LogP contribution is 2.34. The smallest absolute Gasteiger partial charge is 0.289 e. The summed E-state index contributed by atoms with van der Waals surface area (Å²) < 4.78 is 43.1. The lowest BCUT2D eigenvalue weighted by atomic mass is 10.1. The lowest BCUT2D eigenvalue weighted by molar-refractivity contribution is -0.121. The molecule has 4 rings (SSSR count). The van der Waals surface area contributed by atoms with Crippen molar-refractivity contribution in [1.82, 2.24) is 4.90 Å². The van der Waals surface area contributed by atoms with Crippen molar-refractivity contribution < 1.29 is 37.1 Å². The number of carbonyl (C=O) groups excluding carboxylic acids is 3. The standard InChI is InChI=1S/C25H22F2N2O6/c1-3-28(2)25(32)23-9-6-17(35-23)12-29-19-10-15(4-7-22(19)34-14-24(29)31)20(30)13-33-21-8-5-16(26)11-18(21)27/h4-11H,3,12-14H2,1-2H3. The molecule has 0 saturated heterocycles. The molecule has 1 aromatic heterocycles. The van der Waals surface area contributed by atoms with E-state index in [1.807, 2.05) is 6.92 Å². The maximum atomic E-state index is 13.8. The van der Waals surface area contributed by atoms with Crippen molar-refractivity contribution in [2.24, 2.45) is 0 Å². The number of halogens is 2. The number of fused-ring (bicyclic) bond motifs is 1. The maximum absolute atomic E-state index is 13.8. The van der Waals surface area contributed by atoms with Crippen LogP contribution in [0.1, 0.15) is 33.6 Å². The first-order valence-corrected chi connectivity index (χ1v) is 10.8. The Bertz CT molecular complexity index is 1290. The molecule has 1 aliphatic rings. The zero-order valence-corrected chi connectivity index (χ0v) is 19.0. The van der Waals surface area contributed by atoms with E-state index in [4.69, 9.17) is 13.9 Å². The summed E-state index contributed by atoms with van der Waals surface area (Å²) in [6, 6.07) is 10.5. The third-order valence-electron chi connectivity index (χ3n) is 5.48. The number of ether oxygens (including phenoxy) is 2. The molecule has 0 bridgehead atoms. The van der Waals surface area contributed by atoms with Crippen LogP contribution in [0.3, 0.4) is 0 Å². The van der Waals surface area contributed by atoms with Crippen molar-refractivity contribution in [3.05, 3.63) is 77.2 Å². The molecule has 0 radical (unpaired) electrons. The van der Waals surface area contributed by atoms with E-state index < -0.39 is 24.0 Å². The van der Waals surface area contributed by atoms with Crippen LogP contribution < -0.4 is 14.4 Å². The second kappa shape index (κ2) is 9.96. The van der Waals surface area contributed by atoms with Crippen molar-refractivity contribution in [3.8, 4) is 11.5 Å². The Morgan fingerprint density at radius 2 is 1.91 bits per heavy atom. The lowest BCUT2D eigenvalue weighted by Gasteiger charge is -2.29. The van der Waals surface area contributed by atoms with Crippen LogP contribution in [0.25, 0.3) is 0 Å². The van der Waals surface area contributed by atoms with Crippen LogP contribution in [-0.4, -0.2) is 49.3 Å². The van der Waals surface area contributed by atoms with Crippen LogP contribution in [0.5, 0.6) is 11.5 Å². The highest BCUT2D eigenvalue weighted by molar-refractivity contribution is 6.02. The third kappa shape index (κ3) is 5.16. The average Bonchev–Trinajstić information content (AvgIpc) is 3.32. The van der Waals surface area contributed by atoms with Gasteiger partial charge >= 0.3 is 0 Å². The van der Waals surface area contributed by atoms with Gasteiger partial charge in [-0.15, -0.1) is 0 Å². The minimum atomic E-state index is -0.921. The number of anilines is 1. The number of hydrogen-bond donors (Lipinski definition) is 0. The molecular formula is C25H22F2N2O6. The van der Waals surface area contributed by atoms with E-state index in [1.54, 1.807) is 25.2 Å². The molecule has 0 spiro atoms. The lowest BCUT2D eigenvalue weighted by Crippen LogP contribution is -2.38. The molecular weight excluding hydrogens is 462 g/mol. The minimum Gasteiger partial charge on any atom is -0.482 e. The minimum absolute atomic E-state index is 0.0211. The van der Waals surface area contributed by atoms with E-state index in [0.29, 0.717) is 29.8 Å². The molecule has 35 heavy (non-hydrogen) atoms. The van der Waals surface area contributed by atoms with Crippen molar-refractivity contribution >= 4 is 23.3 Å². The predicted octanol–water partition coefficient (Wildman–Crippen LogP) is 3.84. The number of ketones is 1. The number of rotatable bonds is 8. The molecule has 2 amide bonds. The van der Waals surface area contributed by atoms with Gasteiger partial charge in [-0.1, -0.05) is 0 Å². The first-order chi connectivity index (χ1) is 16.8. The summed E-state index contributed by atoms with van der Waals surface area (Å²) in [7, 11) is 1.65. The fourth-order valence-electron chi connectivity index (χ4n) is 3.43. The Morgan fingerprint density at radius 1 is 1.11 bits per heavy atom. The first-order valence-electron chi connectivity index (χ1n) is 10.8. The second-order valence-electron chi connectivity index (χ2n) is 7.82. The fraction of sp³-hybridized carbons (Fsp3) is 0.240. The summed E-state index contributed by atoms with van der Waals surface area (Å²) >= 11 is 0. The van der Waals surface area contributed by atoms with Gasteiger partial charge in [0.05, 0.1) is 12.2 Å². The van der Waals surface area contributed by atoms with Gasteiger partial charge in [0.2, 0.25) is 0 Å². The summed E-state index contributed by atoms with van der Waals surface area (Å²) in [4.78, 5) is 40.5. The summed E-state index contributed by atoms with van der Waals surface area (Å²) in [5, 5.41) is 0. The summed E-state index contributed by atoms with van der Waals surface area (Å²) in [6.07, 6.45) is 0. The van der Waals surface area contributed by atoms with Gasteiger partial charge in [-0.3, -0.25) is 19.3 Å². The number of Topliss-reactive ketones (excluding diaryl/α,β-unsaturated/α-hetero) is 1. The number of benzene rings is 2. The number of furan rings is 1. The topological polar surface area (TPSA) is 89.3 Å². The quantitative estimate of drug-likeness (QED) is 0.452. The zero-order chi connectivity index (χ0) is 25.1. The fourth-order valence-corrected chi connectivity index (χ4v) is 3.43. The van der Waals surface area contributed by atoms with E-state index in [9.17, 15) is 23.2 Å². The van der Waals surface area contributed by atoms with Gasteiger partial charge in [0.1, 0.15) is 17.3 Å². The summed E-state index contributed by atoms with van der Waals surface area (Å²) in [6.45, 7) is 1.68. The Hall–Kier alpha value is -4.21. The van der Waals surface area contributed by atoms with Gasteiger partial charge in [0.15, 0.2) is 36.3 Å². The molecule has 2 heterocycles. The van der Waals surface area contributed by atoms with Gasteiger partial charge in [0, 0.05) is 25.2 Å². The van der Waals surface area contributed by atoms with Crippen LogP contribution in [0.2, 0.25) is 0 Å². The molecule has 0 saturated carbocycles. The monoisotopic (exact) mass is 484 g/mol. The largest absolute Gasteiger partial charge is 0.482 e. The molecule has 0 unspecified atom stereocenters. The van der Waals surface area contributed by atoms with Crippen LogP contribution in [0, 0.1) is 11.6 Å². The number of hydrogen-bond acceptors (Lipinski definition) is 6. The summed E-state index contributed by atoms with van der Waals surface area (Å²) in [5.41, 5.74) is 0.546. The molecule has 0 aliphatic carbocycles. The van der Waals surface area contributed by atoms with Crippen LogP contribution in [0.4, 0.5) is 14.5 Å². The normalized spacial score (nSPS) is 12.7. The van der Waals surface area contributed by atoms with Crippen molar-refractivity contribution in [2.45, 2.75) is 13.5 Å². The highest BCUT2D eigenvalue weighted by Gasteiger charge is 2.28. The highest BCUT2D eigenvalue weighted by atomic mass is 19.1. The number of carbonyl (C=O) groups is 3. The predicted molar refractivity (Wildman–Crippen MR) is 121 cm³/mol. The molecule has 2 aromatic carbocycles. The van der Waals surface area contributed by atoms with Gasteiger partial charge in [-0.25, -0.2) is 8.78 Å². The van der Waals surface area contributed by atoms with Crippen molar-refractivity contribution in [2.75, 3.05) is 31.7 Å². The molecule has 1 aliphatic heterocycles. The third-order valence-corrected chi connectivity index (χ3v) is 5.48. The van der Waals surface area contributed by atoms with Crippen LogP contribution in [-0.2, 0) is 11.3 Å². The van der Waals surface area contributed by atoms with E-state index >= 15 is 0 Å². The Morgan fingerprint density at radius 3 is 2.66 bits per heavy atom. The average molecular weight is 484 g/mol. The first kappa shape index (κ1) is 23.9.